The Kier molecular flexibility index (Phi) is 3.83. The number of hydrogen-bond acceptors (Lipinski definition) is 2. The molecule has 1 saturated heterocycles. The molecule has 0 aromatic heterocycles. The minimum absolute atomic E-state index is 0.0449. The van der Waals surface area contributed by atoms with E-state index >= 15 is 0 Å². The molecule has 3 heteroatoms. The van der Waals surface area contributed by atoms with Crippen LogP contribution in [0.25, 0.3) is 0 Å². The van der Waals surface area contributed by atoms with E-state index in [1.165, 1.54) is 25.7 Å². The predicted octanol–water partition coefficient (Wildman–Crippen LogP) is 3.00. The molecule has 2 bridgehead atoms. The van der Waals surface area contributed by atoms with Crippen LogP contribution in [0.3, 0.4) is 0 Å². The number of carbonyl (C=O) groups excluding carboxylic acids is 1. The number of nitrogens with one attached hydrogen (secondary N) is 1. The summed E-state index contributed by atoms with van der Waals surface area (Å²) < 4.78 is 0. The van der Waals surface area contributed by atoms with E-state index in [4.69, 9.17) is 0 Å². The first kappa shape index (κ1) is 14.4. The highest BCUT2D eigenvalue weighted by Gasteiger charge is 2.48. The van der Waals surface area contributed by atoms with Gasteiger partial charge in [-0.1, -0.05) is 27.2 Å². The molecule has 1 heterocycles. The lowest BCUT2D eigenvalue weighted by Crippen LogP contribution is -2.49. The molecule has 20 heavy (non-hydrogen) atoms. The summed E-state index contributed by atoms with van der Waals surface area (Å²) in [5.74, 6) is 3.42. The van der Waals surface area contributed by atoms with Crippen molar-refractivity contribution in [3.8, 4) is 0 Å². The van der Waals surface area contributed by atoms with Crippen LogP contribution in [0.2, 0.25) is 0 Å². The average Bonchev–Trinajstić information content (AvgIpc) is 3.10. The monoisotopic (exact) mass is 278 g/mol. The van der Waals surface area contributed by atoms with E-state index < -0.39 is 0 Å². The summed E-state index contributed by atoms with van der Waals surface area (Å²) in [5.41, 5.74) is 0. The van der Waals surface area contributed by atoms with Crippen molar-refractivity contribution in [2.45, 2.75) is 78.0 Å². The highest BCUT2D eigenvalue weighted by atomic mass is 16.2. The summed E-state index contributed by atoms with van der Waals surface area (Å²) in [5, 5.41) is 3.56. The van der Waals surface area contributed by atoms with Crippen LogP contribution < -0.4 is 5.32 Å². The summed E-state index contributed by atoms with van der Waals surface area (Å²) in [7, 11) is 0. The van der Waals surface area contributed by atoms with E-state index in [1.54, 1.807) is 0 Å². The normalized spacial score (nSPS) is 42.0. The van der Waals surface area contributed by atoms with Crippen LogP contribution in [-0.2, 0) is 4.79 Å². The molecule has 114 valence electrons. The molecule has 0 aromatic rings. The summed E-state index contributed by atoms with van der Waals surface area (Å²) in [6.07, 6.45) is 6.76. The maximum atomic E-state index is 12.7. The van der Waals surface area contributed by atoms with Gasteiger partial charge in [-0.25, -0.2) is 0 Å². The largest absolute Gasteiger partial charge is 0.323 e. The molecular weight excluding hydrogens is 248 g/mol. The second-order valence-electron chi connectivity index (χ2n) is 7.64. The van der Waals surface area contributed by atoms with E-state index in [0.717, 1.165) is 24.2 Å². The Morgan fingerprint density at radius 1 is 1.25 bits per heavy atom. The Balaban J connectivity index is 1.77. The summed E-state index contributed by atoms with van der Waals surface area (Å²) in [4.78, 5) is 14.9. The highest BCUT2D eigenvalue weighted by molar-refractivity contribution is 5.84. The van der Waals surface area contributed by atoms with Crippen molar-refractivity contribution >= 4 is 5.91 Å². The maximum absolute atomic E-state index is 12.7. The quantitative estimate of drug-likeness (QED) is 0.857. The number of fused-ring (bicyclic) bond motifs is 2. The smallest absolute Gasteiger partial charge is 0.241 e. The Morgan fingerprint density at radius 2 is 2.00 bits per heavy atom. The van der Waals surface area contributed by atoms with Gasteiger partial charge in [-0.2, -0.15) is 0 Å². The fraction of sp³-hybridized carbons (Fsp3) is 0.941. The average molecular weight is 278 g/mol. The van der Waals surface area contributed by atoms with Gasteiger partial charge in [-0.15, -0.1) is 0 Å². The van der Waals surface area contributed by atoms with Crippen LogP contribution >= 0.6 is 0 Å². The summed E-state index contributed by atoms with van der Waals surface area (Å²) >= 11 is 0. The van der Waals surface area contributed by atoms with E-state index in [1.807, 2.05) is 0 Å². The third kappa shape index (κ3) is 2.18. The Bertz CT molecular complexity index is 381. The number of carbonyl (C=O) groups is 1. The van der Waals surface area contributed by atoms with E-state index in [2.05, 4.69) is 37.9 Å². The lowest BCUT2D eigenvalue weighted by Gasteiger charge is -2.39. The van der Waals surface area contributed by atoms with Crippen molar-refractivity contribution in [2.75, 3.05) is 0 Å². The van der Waals surface area contributed by atoms with Gasteiger partial charge in [-0.3, -0.25) is 10.1 Å². The van der Waals surface area contributed by atoms with Crippen LogP contribution in [0, 0.1) is 23.7 Å². The molecule has 2 aliphatic carbocycles. The molecule has 3 nitrogen and oxygen atoms in total. The van der Waals surface area contributed by atoms with Crippen molar-refractivity contribution in [1.82, 2.24) is 10.2 Å². The maximum Gasteiger partial charge on any atom is 0.241 e. The fourth-order valence-corrected chi connectivity index (χ4v) is 5.03. The van der Waals surface area contributed by atoms with Crippen molar-refractivity contribution < 1.29 is 4.79 Å². The first-order chi connectivity index (χ1) is 9.52. The fourth-order valence-electron chi connectivity index (χ4n) is 5.03. The molecule has 3 aliphatic rings. The first-order valence-electron chi connectivity index (χ1n) is 8.61. The van der Waals surface area contributed by atoms with Gasteiger partial charge < -0.3 is 4.90 Å². The van der Waals surface area contributed by atoms with Gasteiger partial charge in [0.2, 0.25) is 5.91 Å². The van der Waals surface area contributed by atoms with E-state index in [-0.39, 0.29) is 12.2 Å². The third-order valence-corrected chi connectivity index (χ3v) is 6.12. The molecule has 0 spiro atoms. The summed E-state index contributed by atoms with van der Waals surface area (Å²) in [6, 6.07) is 0.456. The van der Waals surface area contributed by atoms with Crippen LogP contribution in [0.4, 0.5) is 0 Å². The van der Waals surface area contributed by atoms with E-state index in [0.29, 0.717) is 17.9 Å². The number of nitrogens with zero attached hydrogens (tertiary/aromatic N) is 1. The molecular formula is C17H30N2O. The zero-order valence-electron chi connectivity index (χ0n) is 13.4. The predicted molar refractivity (Wildman–Crippen MR) is 81.1 cm³/mol. The minimum Gasteiger partial charge on any atom is -0.323 e. The van der Waals surface area contributed by atoms with Gasteiger partial charge in [0, 0.05) is 6.04 Å². The van der Waals surface area contributed by atoms with Crippen molar-refractivity contribution in [2.24, 2.45) is 23.7 Å². The molecule has 2 saturated carbocycles. The van der Waals surface area contributed by atoms with Gasteiger partial charge in [0.25, 0.3) is 0 Å². The Labute approximate surface area is 123 Å². The minimum atomic E-state index is 0.0449. The number of rotatable bonds is 4. The van der Waals surface area contributed by atoms with Gasteiger partial charge in [0.15, 0.2) is 0 Å². The molecule has 0 aromatic carbocycles. The highest BCUT2D eigenvalue weighted by Crippen LogP contribution is 2.50. The molecule has 1 N–H and O–H groups in total. The molecule has 6 unspecified atom stereocenters. The van der Waals surface area contributed by atoms with Crippen molar-refractivity contribution in [1.29, 1.82) is 0 Å². The lowest BCUT2D eigenvalue weighted by atomic mass is 9.83. The Morgan fingerprint density at radius 3 is 2.50 bits per heavy atom. The van der Waals surface area contributed by atoms with Crippen molar-refractivity contribution in [3.63, 3.8) is 0 Å². The van der Waals surface area contributed by atoms with Crippen LogP contribution in [0.15, 0.2) is 0 Å². The molecule has 1 aliphatic heterocycles. The lowest BCUT2D eigenvalue weighted by molar-refractivity contribution is -0.134. The van der Waals surface area contributed by atoms with E-state index in [9.17, 15) is 4.79 Å². The molecule has 0 radical (unpaired) electrons. The SMILES string of the molecule is CCC1NC(C(C)C)N(C(C)C2CC3CCC2C3)C1=O. The van der Waals surface area contributed by atoms with Crippen LogP contribution in [0.1, 0.15) is 59.8 Å². The standard InChI is InChI=1S/C17H30N2O/c1-5-15-17(20)19(16(18-15)10(2)3)11(4)14-9-12-6-7-13(14)8-12/h10-16,18H,5-9H2,1-4H3. The second kappa shape index (κ2) is 5.32. The van der Waals surface area contributed by atoms with Gasteiger partial charge in [0.05, 0.1) is 12.2 Å². The van der Waals surface area contributed by atoms with Gasteiger partial charge >= 0.3 is 0 Å². The first-order valence-corrected chi connectivity index (χ1v) is 8.61. The molecule has 3 fully saturated rings. The second-order valence-corrected chi connectivity index (χ2v) is 7.64. The van der Waals surface area contributed by atoms with Crippen LogP contribution in [-0.4, -0.2) is 29.1 Å². The zero-order valence-corrected chi connectivity index (χ0v) is 13.4. The zero-order chi connectivity index (χ0) is 14.4. The topological polar surface area (TPSA) is 32.3 Å². The number of amides is 1. The molecule has 6 atom stereocenters. The summed E-state index contributed by atoms with van der Waals surface area (Å²) in [6.45, 7) is 8.87. The Hall–Kier alpha value is -0.570. The van der Waals surface area contributed by atoms with Gasteiger partial charge in [0.1, 0.15) is 0 Å². The third-order valence-electron chi connectivity index (χ3n) is 6.12. The molecule has 3 rings (SSSR count). The van der Waals surface area contributed by atoms with Gasteiger partial charge in [-0.05, 0) is 56.3 Å². The van der Waals surface area contributed by atoms with Crippen molar-refractivity contribution in [3.05, 3.63) is 0 Å². The number of hydrogen-bond donors (Lipinski definition) is 1. The molecule has 1 amide bonds. The van der Waals surface area contributed by atoms with Crippen LogP contribution in [0.5, 0.6) is 0 Å².